The van der Waals surface area contributed by atoms with Crippen molar-refractivity contribution in [3.05, 3.63) is 42.3 Å². The van der Waals surface area contributed by atoms with Crippen molar-refractivity contribution < 1.29 is 9.18 Å². The summed E-state index contributed by atoms with van der Waals surface area (Å²) in [4.78, 5) is 23.2. The fraction of sp³-hybridized carbons (Fsp3) is 0.450. The summed E-state index contributed by atoms with van der Waals surface area (Å²) < 4.78 is 13.4. The van der Waals surface area contributed by atoms with E-state index in [-0.39, 0.29) is 17.6 Å². The lowest BCUT2D eigenvalue weighted by Crippen LogP contribution is -2.41. The summed E-state index contributed by atoms with van der Waals surface area (Å²) in [7, 11) is 0. The predicted octanol–water partition coefficient (Wildman–Crippen LogP) is 3.27. The van der Waals surface area contributed by atoms with Crippen LogP contribution < -0.4 is 10.2 Å². The SMILES string of the molecule is CC(C)CNC(=O)C1CCN(c2ccnc(-c3cccc(F)c3)n2)CC1. The number of nitrogens with zero attached hydrogens (tertiary/aromatic N) is 3. The third-order valence-corrected chi connectivity index (χ3v) is 4.60. The topological polar surface area (TPSA) is 58.1 Å². The number of benzene rings is 1. The molecule has 1 aromatic heterocycles. The number of carbonyl (C=O) groups excluding carboxylic acids is 1. The molecule has 1 saturated heterocycles. The molecular formula is C20H25FN4O. The maximum atomic E-state index is 13.4. The predicted molar refractivity (Wildman–Crippen MR) is 100 cm³/mol. The minimum atomic E-state index is -0.301. The zero-order valence-corrected chi connectivity index (χ0v) is 15.3. The molecule has 1 aliphatic heterocycles. The molecule has 3 rings (SSSR count). The summed E-state index contributed by atoms with van der Waals surface area (Å²) in [5, 5.41) is 3.02. The number of nitrogens with one attached hydrogen (secondary N) is 1. The van der Waals surface area contributed by atoms with E-state index in [0.29, 0.717) is 17.3 Å². The molecule has 5 nitrogen and oxygen atoms in total. The number of aromatic nitrogens is 2. The van der Waals surface area contributed by atoms with Crippen molar-refractivity contribution in [2.75, 3.05) is 24.5 Å². The fourth-order valence-corrected chi connectivity index (χ4v) is 3.11. The molecule has 2 heterocycles. The molecule has 1 aromatic carbocycles. The number of hydrogen-bond acceptors (Lipinski definition) is 4. The van der Waals surface area contributed by atoms with E-state index in [4.69, 9.17) is 0 Å². The Morgan fingerprint density at radius 1 is 1.31 bits per heavy atom. The third kappa shape index (κ3) is 4.56. The Hall–Kier alpha value is -2.50. The molecule has 0 spiro atoms. The number of hydrogen-bond donors (Lipinski definition) is 1. The highest BCUT2D eigenvalue weighted by atomic mass is 19.1. The molecule has 1 aliphatic rings. The van der Waals surface area contributed by atoms with Crippen LogP contribution in [-0.2, 0) is 4.79 Å². The van der Waals surface area contributed by atoms with E-state index >= 15 is 0 Å². The van der Waals surface area contributed by atoms with Gasteiger partial charge in [-0.15, -0.1) is 0 Å². The monoisotopic (exact) mass is 356 g/mol. The molecule has 1 fully saturated rings. The molecule has 0 unspecified atom stereocenters. The second kappa shape index (κ2) is 8.25. The van der Waals surface area contributed by atoms with E-state index < -0.39 is 0 Å². The molecule has 0 aliphatic carbocycles. The van der Waals surface area contributed by atoms with Gasteiger partial charge in [-0.3, -0.25) is 4.79 Å². The second-order valence-electron chi connectivity index (χ2n) is 7.15. The molecule has 1 N–H and O–H groups in total. The Bertz CT molecular complexity index is 757. The molecule has 26 heavy (non-hydrogen) atoms. The standard InChI is InChI=1S/C20H25FN4O/c1-14(2)13-23-20(26)15-7-10-25(11-8-15)18-6-9-22-19(24-18)16-4-3-5-17(21)12-16/h3-6,9,12,14-15H,7-8,10-11,13H2,1-2H3,(H,23,26). The van der Waals surface area contributed by atoms with Gasteiger partial charge in [-0.2, -0.15) is 0 Å². The molecule has 0 saturated carbocycles. The summed E-state index contributed by atoms with van der Waals surface area (Å²) in [5.41, 5.74) is 0.662. The molecule has 138 valence electrons. The maximum Gasteiger partial charge on any atom is 0.223 e. The van der Waals surface area contributed by atoms with E-state index in [1.54, 1.807) is 18.3 Å². The van der Waals surface area contributed by atoms with Crippen LogP contribution >= 0.6 is 0 Å². The average Bonchev–Trinajstić information content (AvgIpc) is 2.66. The number of piperidine rings is 1. The summed E-state index contributed by atoms with van der Waals surface area (Å²) in [6.45, 7) is 6.46. The summed E-state index contributed by atoms with van der Waals surface area (Å²) in [6, 6.07) is 8.16. The number of rotatable bonds is 5. The summed E-state index contributed by atoms with van der Waals surface area (Å²) in [5.74, 6) is 1.71. The summed E-state index contributed by atoms with van der Waals surface area (Å²) in [6.07, 6.45) is 3.32. The van der Waals surface area contributed by atoms with E-state index in [2.05, 4.69) is 34.0 Å². The Morgan fingerprint density at radius 3 is 2.77 bits per heavy atom. The number of halogens is 1. The van der Waals surface area contributed by atoms with Crippen molar-refractivity contribution in [1.29, 1.82) is 0 Å². The van der Waals surface area contributed by atoms with Gasteiger partial charge < -0.3 is 10.2 Å². The maximum absolute atomic E-state index is 13.4. The molecular weight excluding hydrogens is 331 g/mol. The van der Waals surface area contributed by atoms with Crippen molar-refractivity contribution in [1.82, 2.24) is 15.3 Å². The first-order chi connectivity index (χ1) is 12.5. The molecule has 0 radical (unpaired) electrons. The number of carbonyl (C=O) groups is 1. The molecule has 0 atom stereocenters. The van der Waals surface area contributed by atoms with Gasteiger partial charge in [0.15, 0.2) is 5.82 Å². The van der Waals surface area contributed by atoms with Crippen LogP contribution in [0.15, 0.2) is 36.5 Å². The van der Waals surface area contributed by atoms with Gasteiger partial charge in [0.25, 0.3) is 0 Å². The zero-order valence-electron chi connectivity index (χ0n) is 15.3. The van der Waals surface area contributed by atoms with Crippen molar-refractivity contribution in [3.63, 3.8) is 0 Å². The van der Waals surface area contributed by atoms with Gasteiger partial charge in [0.05, 0.1) is 0 Å². The van der Waals surface area contributed by atoms with Gasteiger partial charge >= 0.3 is 0 Å². The molecule has 0 bridgehead atoms. The fourth-order valence-electron chi connectivity index (χ4n) is 3.11. The van der Waals surface area contributed by atoms with Gasteiger partial charge in [0.1, 0.15) is 11.6 Å². The van der Waals surface area contributed by atoms with Crippen LogP contribution in [-0.4, -0.2) is 35.5 Å². The largest absolute Gasteiger partial charge is 0.356 e. The van der Waals surface area contributed by atoms with Gasteiger partial charge in [0, 0.05) is 37.3 Å². The molecule has 6 heteroatoms. The lowest BCUT2D eigenvalue weighted by atomic mass is 9.95. The normalized spacial score (nSPS) is 15.3. The van der Waals surface area contributed by atoms with Crippen LogP contribution in [0.1, 0.15) is 26.7 Å². The van der Waals surface area contributed by atoms with E-state index in [9.17, 15) is 9.18 Å². The van der Waals surface area contributed by atoms with Crippen LogP contribution in [0.25, 0.3) is 11.4 Å². The van der Waals surface area contributed by atoms with Gasteiger partial charge in [-0.05, 0) is 37.0 Å². The van der Waals surface area contributed by atoms with Crippen molar-refractivity contribution >= 4 is 11.7 Å². The van der Waals surface area contributed by atoms with Gasteiger partial charge in [-0.1, -0.05) is 26.0 Å². The molecule has 1 amide bonds. The third-order valence-electron chi connectivity index (χ3n) is 4.60. The molecule has 2 aromatic rings. The first kappa shape index (κ1) is 18.3. The lowest BCUT2D eigenvalue weighted by Gasteiger charge is -2.32. The van der Waals surface area contributed by atoms with Crippen molar-refractivity contribution in [2.45, 2.75) is 26.7 Å². The second-order valence-corrected chi connectivity index (χ2v) is 7.15. The Balaban J connectivity index is 1.63. The first-order valence-electron chi connectivity index (χ1n) is 9.14. The average molecular weight is 356 g/mol. The highest BCUT2D eigenvalue weighted by molar-refractivity contribution is 5.79. The quantitative estimate of drug-likeness (QED) is 0.893. The van der Waals surface area contributed by atoms with Crippen LogP contribution in [0, 0.1) is 17.7 Å². The van der Waals surface area contributed by atoms with E-state index in [0.717, 1.165) is 38.3 Å². The Labute approximate surface area is 153 Å². The minimum Gasteiger partial charge on any atom is -0.356 e. The Morgan fingerprint density at radius 2 is 2.08 bits per heavy atom. The smallest absolute Gasteiger partial charge is 0.223 e. The van der Waals surface area contributed by atoms with Gasteiger partial charge in [-0.25, -0.2) is 14.4 Å². The van der Waals surface area contributed by atoms with E-state index in [1.807, 2.05) is 6.07 Å². The summed E-state index contributed by atoms with van der Waals surface area (Å²) >= 11 is 0. The lowest BCUT2D eigenvalue weighted by molar-refractivity contribution is -0.125. The van der Waals surface area contributed by atoms with Crippen molar-refractivity contribution in [2.24, 2.45) is 11.8 Å². The van der Waals surface area contributed by atoms with Gasteiger partial charge in [0.2, 0.25) is 5.91 Å². The minimum absolute atomic E-state index is 0.0644. The first-order valence-corrected chi connectivity index (χ1v) is 9.14. The van der Waals surface area contributed by atoms with Crippen LogP contribution in [0.2, 0.25) is 0 Å². The van der Waals surface area contributed by atoms with Crippen LogP contribution in [0.4, 0.5) is 10.2 Å². The van der Waals surface area contributed by atoms with Crippen LogP contribution in [0.5, 0.6) is 0 Å². The van der Waals surface area contributed by atoms with E-state index in [1.165, 1.54) is 12.1 Å². The highest BCUT2D eigenvalue weighted by Crippen LogP contribution is 2.24. The highest BCUT2D eigenvalue weighted by Gasteiger charge is 2.25. The van der Waals surface area contributed by atoms with Crippen LogP contribution in [0.3, 0.4) is 0 Å². The van der Waals surface area contributed by atoms with Crippen molar-refractivity contribution in [3.8, 4) is 11.4 Å². The Kier molecular flexibility index (Phi) is 5.81. The number of anilines is 1. The number of amides is 1. The zero-order chi connectivity index (χ0) is 18.5.